The van der Waals surface area contributed by atoms with Crippen molar-refractivity contribution < 1.29 is 14.3 Å². The largest absolute Gasteiger partial charge is 0.493 e. The highest BCUT2D eigenvalue weighted by molar-refractivity contribution is 5.94. The minimum absolute atomic E-state index is 0.139. The summed E-state index contributed by atoms with van der Waals surface area (Å²) in [5.41, 5.74) is 2.73. The Labute approximate surface area is 155 Å². The topological polar surface area (TPSA) is 50.8 Å². The average molecular weight is 356 g/mol. The molecule has 0 aliphatic rings. The molecule has 0 saturated heterocycles. The molecule has 26 heavy (non-hydrogen) atoms. The molecule has 0 aliphatic carbocycles. The van der Waals surface area contributed by atoms with Crippen LogP contribution in [-0.2, 0) is 6.54 Å². The standard InChI is InChI=1S/C21H28N2O3/c1-5-6-13-26-19-12-9-17(14-20(19)25-4)21(24)22-15-16-7-10-18(11-8-16)23(2)3/h7-12,14H,5-6,13,15H2,1-4H3,(H,22,24). The fourth-order valence-corrected chi connectivity index (χ4v) is 2.45. The first-order chi connectivity index (χ1) is 12.5. The summed E-state index contributed by atoms with van der Waals surface area (Å²) in [4.78, 5) is 14.5. The molecule has 1 amide bonds. The molecule has 0 bridgehead atoms. The Morgan fingerprint density at radius 3 is 2.42 bits per heavy atom. The van der Waals surface area contributed by atoms with Gasteiger partial charge in [0, 0.05) is 31.9 Å². The minimum atomic E-state index is -0.139. The van der Waals surface area contributed by atoms with Crippen LogP contribution in [0.15, 0.2) is 42.5 Å². The summed E-state index contributed by atoms with van der Waals surface area (Å²) in [6.45, 7) is 3.23. The van der Waals surface area contributed by atoms with Crippen LogP contribution in [0.2, 0.25) is 0 Å². The van der Waals surface area contributed by atoms with Gasteiger partial charge in [0.2, 0.25) is 0 Å². The molecule has 0 fully saturated rings. The second-order valence-corrected chi connectivity index (χ2v) is 6.31. The van der Waals surface area contributed by atoms with E-state index in [1.807, 2.05) is 43.3 Å². The molecule has 0 aliphatic heterocycles. The highest BCUT2D eigenvalue weighted by Crippen LogP contribution is 2.28. The van der Waals surface area contributed by atoms with E-state index in [-0.39, 0.29) is 5.91 Å². The first-order valence-electron chi connectivity index (χ1n) is 8.90. The van der Waals surface area contributed by atoms with E-state index in [1.54, 1.807) is 25.3 Å². The van der Waals surface area contributed by atoms with Gasteiger partial charge >= 0.3 is 0 Å². The lowest BCUT2D eigenvalue weighted by molar-refractivity contribution is 0.0950. The number of amides is 1. The first kappa shape index (κ1) is 19.6. The maximum absolute atomic E-state index is 12.4. The van der Waals surface area contributed by atoms with Crippen LogP contribution in [0.3, 0.4) is 0 Å². The number of anilines is 1. The zero-order chi connectivity index (χ0) is 18.9. The van der Waals surface area contributed by atoms with E-state index in [0.717, 1.165) is 24.1 Å². The molecule has 5 heteroatoms. The second kappa shape index (κ2) is 9.70. The van der Waals surface area contributed by atoms with Crippen molar-refractivity contribution in [1.82, 2.24) is 5.32 Å². The predicted molar refractivity (Wildman–Crippen MR) is 105 cm³/mol. The Balaban J connectivity index is 1.98. The summed E-state index contributed by atoms with van der Waals surface area (Å²) in [6.07, 6.45) is 2.05. The van der Waals surface area contributed by atoms with Crippen molar-refractivity contribution in [1.29, 1.82) is 0 Å². The van der Waals surface area contributed by atoms with Gasteiger partial charge < -0.3 is 19.7 Å². The van der Waals surface area contributed by atoms with Crippen molar-refractivity contribution in [3.8, 4) is 11.5 Å². The Kier molecular flexibility index (Phi) is 7.33. The third-order valence-electron chi connectivity index (χ3n) is 4.09. The van der Waals surface area contributed by atoms with E-state index in [4.69, 9.17) is 9.47 Å². The third-order valence-corrected chi connectivity index (χ3v) is 4.09. The van der Waals surface area contributed by atoms with Gasteiger partial charge in [0.25, 0.3) is 5.91 Å². The monoisotopic (exact) mass is 356 g/mol. The van der Waals surface area contributed by atoms with Crippen LogP contribution in [-0.4, -0.2) is 33.7 Å². The van der Waals surface area contributed by atoms with E-state index in [1.165, 1.54) is 0 Å². The van der Waals surface area contributed by atoms with Gasteiger partial charge in [-0.1, -0.05) is 25.5 Å². The van der Waals surface area contributed by atoms with E-state index >= 15 is 0 Å². The number of hydrogen-bond acceptors (Lipinski definition) is 4. The smallest absolute Gasteiger partial charge is 0.251 e. The quantitative estimate of drug-likeness (QED) is 0.693. The SMILES string of the molecule is CCCCOc1ccc(C(=O)NCc2ccc(N(C)C)cc2)cc1OC. The van der Waals surface area contributed by atoms with Crippen LogP contribution >= 0.6 is 0 Å². The molecule has 0 spiro atoms. The Morgan fingerprint density at radius 2 is 1.81 bits per heavy atom. The highest BCUT2D eigenvalue weighted by atomic mass is 16.5. The second-order valence-electron chi connectivity index (χ2n) is 6.31. The zero-order valence-corrected chi connectivity index (χ0v) is 16.0. The lowest BCUT2D eigenvalue weighted by Gasteiger charge is -2.13. The maximum Gasteiger partial charge on any atom is 0.251 e. The fourth-order valence-electron chi connectivity index (χ4n) is 2.45. The number of nitrogens with one attached hydrogen (secondary N) is 1. The van der Waals surface area contributed by atoms with Gasteiger partial charge in [0.15, 0.2) is 11.5 Å². The summed E-state index contributed by atoms with van der Waals surface area (Å²) in [5, 5.41) is 2.94. The van der Waals surface area contributed by atoms with Crippen LogP contribution in [0, 0.1) is 0 Å². The summed E-state index contributed by atoms with van der Waals surface area (Å²) in [5.74, 6) is 1.10. The van der Waals surface area contributed by atoms with E-state index in [0.29, 0.717) is 30.2 Å². The Morgan fingerprint density at radius 1 is 1.08 bits per heavy atom. The van der Waals surface area contributed by atoms with Gasteiger partial charge in [-0.15, -0.1) is 0 Å². The summed E-state index contributed by atoms with van der Waals surface area (Å²) >= 11 is 0. The number of carbonyl (C=O) groups excluding carboxylic acids is 1. The van der Waals surface area contributed by atoms with Crippen molar-refractivity contribution in [2.45, 2.75) is 26.3 Å². The number of ether oxygens (including phenoxy) is 2. The van der Waals surface area contributed by atoms with Crippen LogP contribution < -0.4 is 19.7 Å². The molecule has 140 valence electrons. The number of methoxy groups -OCH3 is 1. The van der Waals surface area contributed by atoms with Gasteiger partial charge in [-0.25, -0.2) is 0 Å². The van der Waals surface area contributed by atoms with E-state index < -0.39 is 0 Å². The van der Waals surface area contributed by atoms with Crippen LogP contribution in [0.4, 0.5) is 5.69 Å². The van der Waals surface area contributed by atoms with Crippen molar-refractivity contribution in [2.75, 3.05) is 32.7 Å². The minimum Gasteiger partial charge on any atom is -0.493 e. The number of nitrogens with zero attached hydrogens (tertiary/aromatic N) is 1. The number of hydrogen-bond donors (Lipinski definition) is 1. The molecule has 0 aromatic heterocycles. The molecule has 0 atom stereocenters. The number of rotatable bonds is 9. The fraction of sp³-hybridized carbons (Fsp3) is 0.381. The maximum atomic E-state index is 12.4. The predicted octanol–water partition coefficient (Wildman–Crippen LogP) is 3.87. The lowest BCUT2D eigenvalue weighted by atomic mass is 10.1. The molecule has 2 aromatic carbocycles. The van der Waals surface area contributed by atoms with Gasteiger partial charge in [0.1, 0.15) is 0 Å². The third kappa shape index (κ3) is 5.41. The van der Waals surface area contributed by atoms with Crippen molar-refractivity contribution in [3.63, 3.8) is 0 Å². The van der Waals surface area contributed by atoms with Crippen LogP contribution in [0.1, 0.15) is 35.7 Å². The van der Waals surface area contributed by atoms with Crippen LogP contribution in [0.5, 0.6) is 11.5 Å². The Hall–Kier alpha value is -2.69. The number of carbonyl (C=O) groups is 1. The van der Waals surface area contributed by atoms with Crippen molar-refractivity contribution in [2.24, 2.45) is 0 Å². The lowest BCUT2D eigenvalue weighted by Crippen LogP contribution is -2.22. The number of unbranched alkanes of at least 4 members (excludes halogenated alkanes) is 1. The number of benzene rings is 2. The summed E-state index contributed by atoms with van der Waals surface area (Å²) in [7, 11) is 5.58. The molecule has 0 unspecified atom stereocenters. The normalized spacial score (nSPS) is 10.3. The first-order valence-corrected chi connectivity index (χ1v) is 8.90. The van der Waals surface area contributed by atoms with Crippen LogP contribution in [0.25, 0.3) is 0 Å². The van der Waals surface area contributed by atoms with Gasteiger partial charge in [0.05, 0.1) is 13.7 Å². The summed E-state index contributed by atoms with van der Waals surface area (Å²) < 4.78 is 11.1. The Bertz CT molecular complexity index is 712. The molecule has 0 saturated carbocycles. The molecule has 2 aromatic rings. The van der Waals surface area contributed by atoms with E-state index in [2.05, 4.69) is 12.2 Å². The van der Waals surface area contributed by atoms with Gasteiger partial charge in [-0.05, 0) is 42.3 Å². The molecular weight excluding hydrogens is 328 g/mol. The van der Waals surface area contributed by atoms with E-state index in [9.17, 15) is 4.79 Å². The molecule has 2 rings (SSSR count). The van der Waals surface area contributed by atoms with Crippen molar-refractivity contribution >= 4 is 11.6 Å². The van der Waals surface area contributed by atoms with Crippen molar-refractivity contribution in [3.05, 3.63) is 53.6 Å². The average Bonchev–Trinajstić information content (AvgIpc) is 2.66. The molecule has 1 N–H and O–H groups in total. The molecule has 5 nitrogen and oxygen atoms in total. The van der Waals surface area contributed by atoms with Gasteiger partial charge in [-0.2, -0.15) is 0 Å². The highest BCUT2D eigenvalue weighted by Gasteiger charge is 2.11. The molecular formula is C21H28N2O3. The molecule has 0 heterocycles. The molecule has 0 radical (unpaired) electrons. The van der Waals surface area contributed by atoms with Gasteiger partial charge in [-0.3, -0.25) is 4.79 Å². The zero-order valence-electron chi connectivity index (χ0n) is 16.0. The summed E-state index contributed by atoms with van der Waals surface area (Å²) in [6, 6.07) is 13.4.